The van der Waals surface area contributed by atoms with E-state index < -0.39 is 0 Å². The standard InChI is InChI=1S/C19H25NO3/c1-13-5-6-14(2)19(15(13)3)23-10-9-22-18-11-16(12-20)7-8-17(18)21-4/h5-8,11H,9-10,12,20H2,1-4H3. The van der Waals surface area contributed by atoms with Crippen molar-refractivity contribution in [2.75, 3.05) is 20.3 Å². The third kappa shape index (κ3) is 4.17. The molecular weight excluding hydrogens is 290 g/mol. The van der Waals surface area contributed by atoms with Crippen molar-refractivity contribution in [3.63, 3.8) is 0 Å². The summed E-state index contributed by atoms with van der Waals surface area (Å²) in [6, 6.07) is 9.89. The van der Waals surface area contributed by atoms with Crippen molar-refractivity contribution in [2.45, 2.75) is 27.3 Å². The van der Waals surface area contributed by atoms with E-state index >= 15 is 0 Å². The highest BCUT2D eigenvalue weighted by Gasteiger charge is 2.08. The first-order chi connectivity index (χ1) is 11.1. The number of benzene rings is 2. The lowest BCUT2D eigenvalue weighted by atomic mass is 10.1. The molecule has 0 aliphatic rings. The second-order valence-electron chi connectivity index (χ2n) is 5.54. The van der Waals surface area contributed by atoms with Crippen LogP contribution >= 0.6 is 0 Å². The van der Waals surface area contributed by atoms with Gasteiger partial charge in [-0.15, -0.1) is 0 Å². The van der Waals surface area contributed by atoms with Crippen LogP contribution < -0.4 is 19.9 Å². The molecule has 0 aliphatic carbocycles. The Kier molecular flexibility index (Phi) is 5.88. The SMILES string of the molecule is COc1ccc(CN)cc1OCCOc1c(C)ccc(C)c1C. The summed E-state index contributed by atoms with van der Waals surface area (Å²) in [5, 5.41) is 0. The van der Waals surface area contributed by atoms with E-state index in [1.165, 1.54) is 11.1 Å². The number of hydrogen-bond donors (Lipinski definition) is 1. The predicted octanol–water partition coefficient (Wildman–Crippen LogP) is 3.54. The predicted molar refractivity (Wildman–Crippen MR) is 92.5 cm³/mol. The first kappa shape index (κ1) is 17.2. The molecule has 0 unspecified atom stereocenters. The van der Waals surface area contributed by atoms with Gasteiger partial charge in [0.15, 0.2) is 11.5 Å². The molecule has 0 heterocycles. The maximum absolute atomic E-state index is 5.91. The molecule has 0 radical (unpaired) electrons. The van der Waals surface area contributed by atoms with Crippen molar-refractivity contribution < 1.29 is 14.2 Å². The van der Waals surface area contributed by atoms with Gasteiger partial charge in [0.2, 0.25) is 0 Å². The minimum Gasteiger partial charge on any atom is -0.493 e. The molecule has 0 aliphatic heterocycles. The van der Waals surface area contributed by atoms with Crippen LogP contribution in [0.25, 0.3) is 0 Å². The molecule has 0 bridgehead atoms. The number of rotatable bonds is 7. The van der Waals surface area contributed by atoms with E-state index in [2.05, 4.69) is 32.9 Å². The Morgan fingerprint density at radius 2 is 1.57 bits per heavy atom. The van der Waals surface area contributed by atoms with E-state index in [4.69, 9.17) is 19.9 Å². The third-order valence-corrected chi connectivity index (χ3v) is 3.92. The number of hydrogen-bond acceptors (Lipinski definition) is 4. The minimum absolute atomic E-state index is 0.442. The molecule has 0 saturated carbocycles. The van der Waals surface area contributed by atoms with E-state index in [9.17, 15) is 0 Å². The highest BCUT2D eigenvalue weighted by molar-refractivity contribution is 5.45. The fourth-order valence-electron chi connectivity index (χ4n) is 2.40. The van der Waals surface area contributed by atoms with Gasteiger partial charge < -0.3 is 19.9 Å². The van der Waals surface area contributed by atoms with Crippen LogP contribution in [0.2, 0.25) is 0 Å². The third-order valence-electron chi connectivity index (χ3n) is 3.92. The topological polar surface area (TPSA) is 53.7 Å². The summed E-state index contributed by atoms with van der Waals surface area (Å²) in [7, 11) is 1.63. The molecule has 4 nitrogen and oxygen atoms in total. The molecule has 0 amide bonds. The average Bonchev–Trinajstić information content (AvgIpc) is 2.57. The first-order valence-corrected chi connectivity index (χ1v) is 7.76. The zero-order chi connectivity index (χ0) is 16.8. The molecule has 124 valence electrons. The summed E-state index contributed by atoms with van der Waals surface area (Å²) >= 11 is 0. The normalized spacial score (nSPS) is 10.5. The molecule has 0 aromatic heterocycles. The Bertz CT molecular complexity index is 668. The summed E-state index contributed by atoms with van der Waals surface area (Å²) in [6.07, 6.45) is 0. The van der Waals surface area contributed by atoms with Gasteiger partial charge in [0.1, 0.15) is 19.0 Å². The Hall–Kier alpha value is -2.20. The first-order valence-electron chi connectivity index (χ1n) is 7.76. The van der Waals surface area contributed by atoms with Crippen LogP contribution in [-0.4, -0.2) is 20.3 Å². The molecular formula is C19H25NO3. The molecule has 23 heavy (non-hydrogen) atoms. The zero-order valence-corrected chi connectivity index (χ0v) is 14.3. The smallest absolute Gasteiger partial charge is 0.161 e. The zero-order valence-electron chi connectivity index (χ0n) is 14.3. The summed E-state index contributed by atoms with van der Waals surface area (Å²) in [5.41, 5.74) is 10.2. The minimum atomic E-state index is 0.442. The van der Waals surface area contributed by atoms with Crippen LogP contribution in [0.15, 0.2) is 30.3 Å². The molecule has 2 aromatic carbocycles. The van der Waals surface area contributed by atoms with Crippen molar-refractivity contribution in [2.24, 2.45) is 5.73 Å². The lowest BCUT2D eigenvalue weighted by molar-refractivity contribution is 0.209. The van der Waals surface area contributed by atoms with Gasteiger partial charge in [-0.1, -0.05) is 18.2 Å². The largest absolute Gasteiger partial charge is 0.493 e. The molecule has 0 spiro atoms. The summed E-state index contributed by atoms with van der Waals surface area (Å²) in [4.78, 5) is 0. The van der Waals surface area contributed by atoms with Gasteiger partial charge in [-0.2, -0.15) is 0 Å². The average molecular weight is 315 g/mol. The van der Waals surface area contributed by atoms with Gasteiger partial charge >= 0.3 is 0 Å². The number of methoxy groups -OCH3 is 1. The van der Waals surface area contributed by atoms with Gasteiger partial charge in [-0.25, -0.2) is 0 Å². The van der Waals surface area contributed by atoms with Crippen molar-refractivity contribution in [1.29, 1.82) is 0 Å². The molecule has 4 heteroatoms. The van der Waals surface area contributed by atoms with Gasteiger partial charge in [0.05, 0.1) is 7.11 Å². The molecule has 0 fully saturated rings. The number of nitrogens with two attached hydrogens (primary N) is 1. The maximum atomic E-state index is 5.91. The highest BCUT2D eigenvalue weighted by atomic mass is 16.5. The van der Waals surface area contributed by atoms with Crippen LogP contribution in [0.1, 0.15) is 22.3 Å². The Labute approximate surface area is 138 Å². The van der Waals surface area contributed by atoms with E-state index in [0.717, 1.165) is 16.9 Å². The van der Waals surface area contributed by atoms with E-state index in [-0.39, 0.29) is 0 Å². The maximum Gasteiger partial charge on any atom is 0.161 e. The number of ether oxygens (including phenoxy) is 3. The lowest BCUT2D eigenvalue weighted by Gasteiger charge is -2.15. The van der Waals surface area contributed by atoms with E-state index in [1.807, 2.05) is 18.2 Å². The Morgan fingerprint density at radius 1 is 0.870 bits per heavy atom. The quantitative estimate of drug-likeness (QED) is 0.794. The molecule has 0 saturated heterocycles. The fraction of sp³-hybridized carbons (Fsp3) is 0.368. The Balaban J connectivity index is 1.97. The lowest BCUT2D eigenvalue weighted by Crippen LogP contribution is -2.11. The molecule has 2 aromatic rings. The van der Waals surface area contributed by atoms with Gasteiger partial charge in [-0.3, -0.25) is 0 Å². The van der Waals surface area contributed by atoms with Crippen LogP contribution in [0.4, 0.5) is 0 Å². The fourth-order valence-corrected chi connectivity index (χ4v) is 2.40. The van der Waals surface area contributed by atoms with Crippen molar-refractivity contribution in [3.05, 3.63) is 52.6 Å². The van der Waals surface area contributed by atoms with Gasteiger partial charge in [-0.05, 0) is 55.2 Å². The summed E-state index contributed by atoms with van der Waals surface area (Å²) < 4.78 is 17.0. The van der Waals surface area contributed by atoms with Crippen molar-refractivity contribution in [1.82, 2.24) is 0 Å². The van der Waals surface area contributed by atoms with Crippen LogP contribution in [0.5, 0.6) is 17.2 Å². The Morgan fingerprint density at radius 3 is 2.26 bits per heavy atom. The van der Waals surface area contributed by atoms with E-state index in [0.29, 0.717) is 31.3 Å². The monoisotopic (exact) mass is 315 g/mol. The molecule has 2 rings (SSSR count). The number of aryl methyl sites for hydroxylation is 2. The van der Waals surface area contributed by atoms with E-state index in [1.54, 1.807) is 7.11 Å². The second kappa shape index (κ2) is 7.88. The van der Waals surface area contributed by atoms with Crippen LogP contribution in [0.3, 0.4) is 0 Å². The van der Waals surface area contributed by atoms with Crippen molar-refractivity contribution in [3.8, 4) is 17.2 Å². The second-order valence-corrected chi connectivity index (χ2v) is 5.54. The highest BCUT2D eigenvalue weighted by Crippen LogP contribution is 2.28. The summed E-state index contributed by atoms with van der Waals surface area (Å²) in [6.45, 7) is 7.60. The van der Waals surface area contributed by atoms with Gasteiger partial charge in [0, 0.05) is 6.54 Å². The van der Waals surface area contributed by atoms with Crippen molar-refractivity contribution >= 4 is 0 Å². The summed E-state index contributed by atoms with van der Waals surface area (Å²) in [5.74, 6) is 2.33. The van der Waals surface area contributed by atoms with Gasteiger partial charge in [0.25, 0.3) is 0 Å². The molecule has 2 N–H and O–H groups in total. The van der Waals surface area contributed by atoms with Crippen LogP contribution in [0, 0.1) is 20.8 Å². The molecule has 0 atom stereocenters. The van der Waals surface area contributed by atoms with Crippen LogP contribution in [-0.2, 0) is 6.54 Å².